The lowest BCUT2D eigenvalue weighted by atomic mass is 10.3. The highest BCUT2D eigenvalue weighted by atomic mass is 35.5. The standard InChI is InChI=1S/C20H25ClO2S/c1-3-5-13-22-17-9-12-19(23-14-6-4-2)20(15-17)24-18-10-7-16(21)8-11-18/h7-12,15H,3-6,13-14H2,1-2H3. The molecule has 0 heterocycles. The van der Waals surface area contributed by atoms with E-state index in [1.165, 1.54) is 0 Å². The van der Waals surface area contributed by atoms with Gasteiger partial charge in [0.05, 0.1) is 18.1 Å². The zero-order valence-corrected chi connectivity index (χ0v) is 16.0. The van der Waals surface area contributed by atoms with Gasteiger partial charge in [0.2, 0.25) is 0 Å². The maximum Gasteiger partial charge on any atom is 0.133 e. The van der Waals surface area contributed by atoms with E-state index in [0.717, 1.165) is 65.2 Å². The first-order valence-corrected chi connectivity index (χ1v) is 9.75. The molecule has 0 saturated carbocycles. The number of hydrogen-bond donors (Lipinski definition) is 0. The lowest BCUT2D eigenvalue weighted by molar-refractivity contribution is 0.295. The summed E-state index contributed by atoms with van der Waals surface area (Å²) in [6.07, 6.45) is 4.37. The Kier molecular flexibility index (Phi) is 8.34. The second-order valence-electron chi connectivity index (χ2n) is 5.57. The molecule has 0 aliphatic rings. The van der Waals surface area contributed by atoms with E-state index in [9.17, 15) is 0 Å². The summed E-state index contributed by atoms with van der Waals surface area (Å²) in [6.45, 7) is 5.81. The van der Waals surface area contributed by atoms with E-state index >= 15 is 0 Å². The zero-order chi connectivity index (χ0) is 17.2. The molecule has 0 aromatic heterocycles. The predicted octanol–water partition coefficient (Wildman–Crippen LogP) is 6.85. The van der Waals surface area contributed by atoms with Crippen LogP contribution in [0.3, 0.4) is 0 Å². The molecule has 0 N–H and O–H groups in total. The van der Waals surface area contributed by atoms with E-state index in [2.05, 4.69) is 19.9 Å². The van der Waals surface area contributed by atoms with Crippen molar-refractivity contribution >= 4 is 23.4 Å². The Labute approximate surface area is 154 Å². The number of halogens is 1. The van der Waals surface area contributed by atoms with Crippen molar-refractivity contribution in [3.8, 4) is 11.5 Å². The van der Waals surface area contributed by atoms with Gasteiger partial charge >= 0.3 is 0 Å². The SMILES string of the molecule is CCCCOc1ccc(OCCCC)c(Sc2ccc(Cl)cc2)c1. The van der Waals surface area contributed by atoms with Crippen LogP contribution in [0, 0.1) is 0 Å². The van der Waals surface area contributed by atoms with Crippen LogP contribution >= 0.6 is 23.4 Å². The van der Waals surface area contributed by atoms with Gasteiger partial charge < -0.3 is 9.47 Å². The smallest absolute Gasteiger partial charge is 0.133 e. The van der Waals surface area contributed by atoms with Crippen LogP contribution in [-0.2, 0) is 0 Å². The summed E-state index contributed by atoms with van der Waals surface area (Å²) in [4.78, 5) is 2.20. The van der Waals surface area contributed by atoms with E-state index in [4.69, 9.17) is 21.1 Å². The molecule has 0 spiro atoms. The van der Waals surface area contributed by atoms with Crippen molar-refractivity contribution in [3.63, 3.8) is 0 Å². The van der Waals surface area contributed by atoms with Crippen molar-refractivity contribution in [3.05, 3.63) is 47.5 Å². The van der Waals surface area contributed by atoms with Gasteiger partial charge in [0, 0.05) is 9.92 Å². The molecule has 0 atom stereocenters. The van der Waals surface area contributed by atoms with Crippen LogP contribution < -0.4 is 9.47 Å². The van der Waals surface area contributed by atoms with E-state index < -0.39 is 0 Å². The maximum absolute atomic E-state index is 5.97. The van der Waals surface area contributed by atoms with Gasteiger partial charge in [0.1, 0.15) is 11.5 Å². The molecule has 0 fully saturated rings. The van der Waals surface area contributed by atoms with Crippen molar-refractivity contribution in [2.45, 2.75) is 49.3 Å². The third-order valence-corrected chi connectivity index (χ3v) is 4.78. The molecule has 0 unspecified atom stereocenters. The minimum Gasteiger partial charge on any atom is -0.494 e. The topological polar surface area (TPSA) is 18.5 Å². The monoisotopic (exact) mass is 364 g/mol. The van der Waals surface area contributed by atoms with Gasteiger partial charge in [0.25, 0.3) is 0 Å². The number of benzene rings is 2. The van der Waals surface area contributed by atoms with E-state index in [1.54, 1.807) is 11.8 Å². The summed E-state index contributed by atoms with van der Waals surface area (Å²) >= 11 is 7.64. The van der Waals surface area contributed by atoms with Crippen molar-refractivity contribution in [2.75, 3.05) is 13.2 Å². The summed E-state index contributed by atoms with van der Waals surface area (Å²) in [5.41, 5.74) is 0. The van der Waals surface area contributed by atoms with Crippen molar-refractivity contribution in [1.82, 2.24) is 0 Å². The molecule has 24 heavy (non-hydrogen) atoms. The summed E-state index contributed by atoms with van der Waals surface area (Å²) in [6, 6.07) is 13.9. The third kappa shape index (κ3) is 6.29. The molecule has 2 aromatic rings. The average Bonchev–Trinajstić information content (AvgIpc) is 2.59. The van der Waals surface area contributed by atoms with Gasteiger partial charge in [-0.2, -0.15) is 0 Å². The Hall–Kier alpha value is -1.32. The largest absolute Gasteiger partial charge is 0.494 e. The Bertz CT molecular complexity index is 614. The minimum absolute atomic E-state index is 0.737. The van der Waals surface area contributed by atoms with Gasteiger partial charge in [-0.05, 0) is 55.3 Å². The van der Waals surface area contributed by atoms with Crippen LogP contribution in [0.25, 0.3) is 0 Å². The van der Waals surface area contributed by atoms with Crippen LogP contribution in [0.1, 0.15) is 39.5 Å². The quantitative estimate of drug-likeness (QED) is 0.429. The second-order valence-corrected chi connectivity index (χ2v) is 7.12. The summed E-state index contributed by atoms with van der Waals surface area (Å²) in [7, 11) is 0. The van der Waals surface area contributed by atoms with Crippen LogP contribution in [0.5, 0.6) is 11.5 Å². The molecule has 2 rings (SSSR count). The minimum atomic E-state index is 0.737. The van der Waals surface area contributed by atoms with Crippen LogP contribution in [-0.4, -0.2) is 13.2 Å². The Morgan fingerprint density at radius 2 is 1.54 bits per heavy atom. The highest BCUT2D eigenvalue weighted by Crippen LogP contribution is 2.38. The van der Waals surface area contributed by atoms with Crippen molar-refractivity contribution in [2.24, 2.45) is 0 Å². The fourth-order valence-electron chi connectivity index (χ4n) is 2.07. The Morgan fingerprint density at radius 1 is 0.875 bits per heavy atom. The molecular formula is C20H25ClO2S. The third-order valence-electron chi connectivity index (χ3n) is 3.48. The fraction of sp³-hybridized carbons (Fsp3) is 0.400. The lowest BCUT2D eigenvalue weighted by Crippen LogP contribution is -2.00. The zero-order valence-electron chi connectivity index (χ0n) is 14.4. The lowest BCUT2D eigenvalue weighted by Gasteiger charge is -2.13. The number of rotatable bonds is 10. The van der Waals surface area contributed by atoms with Gasteiger partial charge in [-0.15, -0.1) is 0 Å². The van der Waals surface area contributed by atoms with Gasteiger partial charge in [0.15, 0.2) is 0 Å². The molecular weight excluding hydrogens is 340 g/mol. The van der Waals surface area contributed by atoms with E-state index in [1.807, 2.05) is 36.4 Å². The number of unbranched alkanes of at least 4 members (excludes halogenated alkanes) is 2. The number of hydrogen-bond acceptors (Lipinski definition) is 3. The second kappa shape index (κ2) is 10.5. The molecule has 0 radical (unpaired) electrons. The first-order chi connectivity index (χ1) is 11.7. The molecule has 0 bridgehead atoms. The Morgan fingerprint density at radius 3 is 2.21 bits per heavy atom. The van der Waals surface area contributed by atoms with Crippen LogP contribution in [0.15, 0.2) is 52.3 Å². The van der Waals surface area contributed by atoms with Gasteiger partial charge in [-0.1, -0.05) is 50.1 Å². The van der Waals surface area contributed by atoms with Crippen molar-refractivity contribution < 1.29 is 9.47 Å². The van der Waals surface area contributed by atoms with Crippen LogP contribution in [0.2, 0.25) is 5.02 Å². The number of ether oxygens (including phenoxy) is 2. The summed E-state index contributed by atoms with van der Waals surface area (Å²) < 4.78 is 11.8. The molecule has 4 heteroatoms. The average molecular weight is 365 g/mol. The predicted molar refractivity (Wildman–Crippen MR) is 103 cm³/mol. The molecule has 0 aliphatic carbocycles. The van der Waals surface area contributed by atoms with Gasteiger partial charge in [-0.3, -0.25) is 0 Å². The molecule has 130 valence electrons. The highest BCUT2D eigenvalue weighted by molar-refractivity contribution is 7.99. The molecule has 0 amide bonds. The molecule has 0 aliphatic heterocycles. The van der Waals surface area contributed by atoms with E-state index in [0.29, 0.717) is 0 Å². The molecule has 0 saturated heterocycles. The summed E-state index contributed by atoms with van der Waals surface area (Å²) in [5.74, 6) is 1.80. The Balaban J connectivity index is 2.14. The summed E-state index contributed by atoms with van der Waals surface area (Å²) in [5, 5.41) is 0.746. The first-order valence-electron chi connectivity index (χ1n) is 8.56. The molecule has 2 nitrogen and oxygen atoms in total. The van der Waals surface area contributed by atoms with Gasteiger partial charge in [-0.25, -0.2) is 0 Å². The van der Waals surface area contributed by atoms with E-state index in [-0.39, 0.29) is 0 Å². The normalized spacial score (nSPS) is 10.6. The molecule has 2 aromatic carbocycles. The van der Waals surface area contributed by atoms with Crippen LogP contribution in [0.4, 0.5) is 0 Å². The fourth-order valence-corrected chi connectivity index (χ4v) is 3.12. The maximum atomic E-state index is 5.97. The highest BCUT2D eigenvalue weighted by Gasteiger charge is 2.09. The first kappa shape index (κ1) is 19.0. The van der Waals surface area contributed by atoms with Crippen molar-refractivity contribution in [1.29, 1.82) is 0 Å².